The average molecular weight is 439 g/mol. The van der Waals surface area contributed by atoms with E-state index in [2.05, 4.69) is 32.7 Å². The summed E-state index contributed by atoms with van der Waals surface area (Å²) in [6.07, 6.45) is 3.06. The minimum Gasteiger partial charge on any atom is -0.252 e. The molecule has 1 aromatic heterocycles. The molecule has 3 nitrogen and oxygen atoms in total. The summed E-state index contributed by atoms with van der Waals surface area (Å²) in [7, 11) is 0. The first-order chi connectivity index (χ1) is 11.5. The minimum atomic E-state index is -0.572. The fourth-order valence-corrected chi connectivity index (χ4v) is 3.21. The first-order valence-electron chi connectivity index (χ1n) is 7.57. The molecule has 0 spiro atoms. The summed E-state index contributed by atoms with van der Waals surface area (Å²) in [4.78, 5) is 3.95. The highest BCUT2D eigenvalue weighted by Gasteiger charge is 2.25. The molecule has 124 valence electrons. The molecular weight excluding hydrogens is 423 g/mol. The van der Waals surface area contributed by atoms with Gasteiger partial charge in [-0.25, -0.2) is 13.8 Å². The Labute approximate surface area is 152 Å². The largest absolute Gasteiger partial charge is 0.252 e. The highest BCUT2D eigenvalue weighted by Crippen LogP contribution is 2.35. The molecule has 3 rings (SSSR count). The Morgan fingerprint density at radius 3 is 2.50 bits per heavy atom. The van der Waals surface area contributed by atoms with Crippen LogP contribution in [0.25, 0.3) is 0 Å². The van der Waals surface area contributed by atoms with E-state index in [9.17, 15) is 8.78 Å². The maximum absolute atomic E-state index is 14.4. The summed E-state index contributed by atoms with van der Waals surface area (Å²) < 4.78 is 30.5. The molecule has 24 heavy (non-hydrogen) atoms. The Kier molecular flexibility index (Phi) is 5.23. The van der Waals surface area contributed by atoms with Crippen molar-refractivity contribution in [3.63, 3.8) is 0 Å². The van der Waals surface area contributed by atoms with Crippen LogP contribution in [-0.2, 0) is 6.54 Å². The summed E-state index contributed by atoms with van der Waals surface area (Å²) in [6, 6.07) is 11.9. The van der Waals surface area contributed by atoms with Gasteiger partial charge in [-0.1, -0.05) is 25.1 Å². The monoisotopic (exact) mass is 439 g/mol. The van der Waals surface area contributed by atoms with Crippen LogP contribution in [0, 0.1) is 15.2 Å². The van der Waals surface area contributed by atoms with Crippen molar-refractivity contribution in [1.82, 2.24) is 14.8 Å². The maximum atomic E-state index is 14.4. The van der Waals surface area contributed by atoms with Crippen LogP contribution < -0.4 is 0 Å². The zero-order chi connectivity index (χ0) is 17.1. The molecule has 0 saturated carbocycles. The molecule has 1 heterocycles. The van der Waals surface area contributed by atoms with E-state index < -0.39 is 11.6 Å². The van der Waals surface area contributed by atoms with Crippen LogP contribution in [0.2, 0.25) is 0 Å². The van der Waals surface area contributed by atoms with Gasteiger partial charge in [0.1, 0.15) is 24.3 Å². The van der Waals surface area contributed by atoms with Crippen molar-refractivity contribution >= 4 is 22.6 Å². The van der Waals surface area contributed by atoms with Gasteiger partial charge in [-0.05, 0) is 57.8 Å². The van der Waals surface area contributed by atoms with Crippen molar-refractivity contribution in [2.75, 3.05) is 0 Å². The van der Waals surface area contributed by atoms with Crippen LogP contribution in [0.3, 0.4) is 0 Å². The Balaban J connectivity index is 1.99. The lowest BCUT2D eigenvalue weighted by atomic mass is 9.82. The Morgan fingerprint density at radius 1 is 1.12 bits per heavy atom. The molecule has 0 N–H and O–H groups in total. The molecule has 3 aromatic rings. The van der Waals surface area contributed by atoms with Crippen LogP contribution in [0.5, 0.6) is 0 Å². The van der Waals surface area contributed by atoms with E-state index in [1.807, 2.05) is 31.2 Å². The Hall–Kier alpha value is -1.83. The van der Waals surface area contributed by atoms with Gasteiger partial charge in [0.25, 0.3) is 0 Å². The first kappa shape index (κ1) is 17.0. The summed E-state index contributed by atoms with van der Waals surface area (Å²) in [5, 5.41) is 4.13. The predicted octanol–water partition coefficient (Wildman–Crippen LogP) is 4.75. The van der Waals surface area contributed by atoms with E-state index in [1.165, 1.54) is 18.5 Å². The fraction of sp³-hybridized carbons (Fsp3) is 0.222. The fourth-order valence-electron chi connectivity index (χ4n) is 2.86. The van der Waals surface area contributed by atoms with E-state index >= 15 is 0 Å². The SMILES string of the molecule is C[C@H](c1ccc(I)cc1)[C@@H](Cn1cncn1)c1ccc(F)cc1F. The molecule has 0 fully saturated rings. The third-order valence-corrected chi connectivity index (χ3v) is 4.93. The Morgan fingerprint density at radius 2 is 1.88 bits per heavy atom. The molecule has 0 radical (unpaired) electrons. The number of aromatic nitrogens is 3. The quantitative estimate of drug-likeness (QED) is 0.538. The van der Waals surface area contributed by atoms with E-state index in [0.29, 0.717) is 12.1 Å². The highest BCUT2D eigenvalue weighted by atomic mass is 127. The molecule has 0 aliphatic rings. The predicted molar refractivity (Wildman–Crippen MR) is 96.7 cm³/mol. The molecule has 0 aliphatic carbocycles. The van der Waals surface area contributed by atoms with Crippen molar-refractivity contribution in [3.05, 3.63) is 81.5 Å². The Bertz CT molecular complexity index is 804. The summed E-state index contributed by atoms with van der Waals surface area (Å²) >= 11 is 2.25. The third-order valence-electron chi connectivity index (χ3n) is 4.21. The van der Waals surface area contributed by atoms with Crippen molar-refractivity contribution < 1.29 is 8.78 Å². The zero-order valence-corrected chi connectivity index (χ0v) is 15.2. The molecule has 0 bridgehead atoms. The van der Waals surface area contributed by atoms with Gasteiger partial charge in [0.2, 0.25) is 0 Å². The second-order valence-electron chi connectivity index (χ2n) is 5.73. The van der Waals surface area contributed by atoms with Gasteiger partial charge in [-0.15, -0.1) is 0 Å². The van der Waals surface area contributed by atoms with E-state index in [-0.39, 0.29) is 11.8 Å². The molecule has 0 saturated heterocycles. The molecule has 2 aromatic carbocycles. The summed E-state index contributed by atoms with van der Waals surface area (Å²) in [6.45, 7) is 2.52. The number of nitrogens with zero attached hydrogens (tertiary/aromatic N) is 3. The van der Waals surface area contributed by atoms with Crippen LogP contribution >= 0.6 is 22.6 Å². The maximum Gasteiger partial charge on any atom is 0.137 e. The highest BCUT2D eigenvalue weighted by molar-refractivity contribution is 14.1. The van der Waals surface area contributed by atoms with Crippen LogP contribution in [0.1, 0.15) is 29.9 Å². The standard InChI is InChI=1S/C18H16F2IN3/c1-12(13-2-5-15(21)6-3-13)17(9-24-11-22-10-23-24)16-7-4-14(19)8-18(16)20/h2-8,10-12,17H,9H2,1H3/t12-,17-/m1/s1. The molecule has 0 aliphatic heterocycles. The van der Waals surface area contributed by atoms with Gasteiger partial charge >= 0.3 is 0 Å². The van der Waals surface area contributed by atoms with Gasteiger partial charge in [-0.3, -0.25) is 4.68 Å². The smallest absolute Gasteiger partial charge is 0.137 e. The van der Waals surface area contributed by atoms with Crippen molar-refractivity contribution in [2.45, 2.75) is 25.3 Å². The normalized spacial score (nSPS) is 13.7. The van der Waals surface area contributed by atoms with E-state index in [0.717, 1.165) is 15.2 Å². The lowest BCUT2D eigenvalue weighted by molar-refractivity contribution is 0.441. The van der Waals surface area contributed by atoms with Crippen LogP contribution in [0.4, 0.5) is 8.78 Å². The average Bonchev–Trinajstić information content (AvgIpc) is 3.06. The topological polar surface area (TPSA) is 30.7 Å². The summed E-state index contributed by atoms with van der Waals surface area (Å²) in [5.41, 5.74) is 1.59. The first-order valence-corrected chi connectivity index (χ1v) is 8.65. The molecule has 2 atom stereocenters. The number of halogens is 3. The number of rotatable bonds is 5. The second-order valence-corrected chi connectivity index (χ2v) is 6.98. The number of benzene rings is 2. The van der Waals surface area contributed by atoms with E-state index in [1.54, 1.807) is 11.0 Å². The second kappa shape index (κ2) is 7.38. The molecule has 0 unspecified atom stereocenters. The van der Waals surface area contributed by atoms with Crippen molar-refractivity contribution in [3.8, 4) is 0 Å². The minimum absolute atomic E-state index is 0.0335. The van der Waals surface area contributed by atoms with Gasteiger partial charge in [0.15, 0.2) is 0 Å². The van der Waals surface area contributed by atoms with Crippen LogP contribution in [-0.4, -0.2) is 14.8 Å². The van der Waals surface area contributed by atoms with Gasteiger partial charge < -0.3 is 0 Å². The molecule has 0 amide bonds. The zero-order valence-electron chi connectivity index (χ0n) is 13.0. The lowest BCUT2D eigenvalue weighted by Crippen LogP contribution is -2.17. The number of hydrogen-bond donors (Lipinski definition) is 0. The van der Waals surface area contributed by atoms with Crippen molar-refractivity contribution in [2.24, 2.45) is 0 Å². The molecular formula is C18H16F2IN3. The third kappa shape index (κ3) is 3.80. The summed E-state index contributed by atoms with van der Waals surface area (Å²) in [5.74, 6) is -1.26. The molecule has 6 heteroatoms. The van der Waals surface area contributed by atoms with Crippen molar-refractivity contribution in [1.29, 1.82) is 0 Å². The number of hydrogen-bond acceptors (Lipinski definition) is 2. The van der Waals surface area contributed by atoms with Gasteiger partial charge in [-0.2, -0.15) is 5.10 Å². The lowest BCUT2D eigenvalue weighted by Gasteiger charge is -2.25. The van der Waals surface area contributed by atoms with E-state index in [4.69, 9.17) is 0 Å². The van der Waals surface area contributed by atoms with Gasteiger partial charge in [0.05, 0.1) is 6.54 Å². The van der Waals surface area contributed by atoms with Gasteiger partial charge in [0, 0.05) is 15.6 Å². The van der Waals surface area contributed by atoms with Crippen LogP contribution in [0.15, 0.2) is 55.1 Å².